The third-order valence-corrected chi connectivity index (χ3v) is 5.57. The van der Waals surface area contributed by atoms with Crippen LogP contribution in [0.5, 0.6) is 0 Å². The van der Waals surface area contributed by atoms with Gasteiger partial charge in [-0.1, -0.05) is 11.2 Å². The fourth-order valence-electron chi connectivity index (χ4n) is 3.10. The second-order valence-electron chi connectivity index (χ2n) is 6.56. The van der Waals surface area contributed by atoms with E-state index < -0.39 is 0 Å². The Hall–Kier alpha value is -1.17. The van der Waals surface area contributed by atoms with Gasteiger partial charge in [-0.2, -0.15) is 0 Å². The van der Waals surface area contributed by atoms with Gasteiger partial charge < -0.3 is 9.84 Å². The van der Waals surface area contributed by atoms with E-state index in [1.165, 1.54) is 32.2 Å². The topological polar surface area (TPSA) is 41.3 Å². The van der Waals surface area contributed by atoms with Crippen molar-refractivity contribution < 1.29 is 4.52 Å². The Kier molecular flexibility index (Phi) is 4.28. The number of nitrogens with one attached hydrogen (secondary N) is 1. The minimum atomic E-state index is 0.718. The summed E-state index contributed by atoms with van der Waals surface area (Å²) in [5.41, 5.74) is 1.05. The minimum absolute atomic E-state index is 0.718. The molecule has 2 aromatic heterocycles. The zero-order valence-electron chi connectivity index (χ0n) is 12.8. The lowest BCUT2D eigenvalue weighted by molar-refractivity contribution is 0.186. The SMILES string of the molecule is c1csc(-c2cc(CN3CCC(NCC4CC4)CC3)no2)c1. The molecule has 1 saturated heterocycles. The molecule has 1 aliphatic heterocycles. The van der Waals surface area contributed by atoms with Crippen molar-refractivity contribution in [3.05, 3.63) is 29.3 Å². The molecule has 0 atom stereocenters. The molecule has 5 heteroatoms. The molecule has 2 aromatic rings. The van der Waals surface area contributed by atoms with Crippen LogP contribution in [0.1, 0.15) is 31.4 Å². The van der Waals surface area contributed by atoms with Crippen LogP contribution in [0.2, 0.25) is 0 Å². The van der Waals surface area contributed by atoms with Crippen LogP contribution in [0.25, 0.3) is 10.6 Å². The number of aromatic nitrogens is 1. The van der Waals surface area contributed by atoms with E-state index in [1.54, 1.807) is 11.3 Å². The molecule has 0 aromatic carbocycles. The van der Waals surface area contributed by atoms with E-state index in [0.717, 1.165) is 47.9 Å². The highest BCUT2D eigenvalue weighted by Crippen LogP contribution is 2.28. The van der Waals surface area contributed by atoms with Crippen molar-refractivity contribution in [2.45, 2.75) is 38.3 Å². The third kappa shape index (κ3) is 3.59. The number of nitrogens with zero attached hydrogens (tertiary/aromatic N) is 2. The maximum absolute atomic E-state index is 5.46. The Morgan fingerprint density at radius 2 is 2.14 bits per heavy atom. The van der Waals surface area contributed by atoms with Gasteiger partial charge in [-0.15, -0.1) is 11.3 Å². The second kappa shape index (κ2) is 6.52. The number of thiophene rings is 1. The second-order valence-corrected chi connectivity index (χ2v) is 7.51. The summed E-state index contributed by atoms with van der Waals surface area (Å²) in [4.78, 5) is 3.65. The zero-order chi connectivity index (χ0) is 14.8. The average molecular weight is 317 g/mol. The van der Waals surface area contributed by atoms with Crippen molar-refractivity contribution in [2.75, 3.05) is 19.6 Å². The summed E-state index contributed by atoms with van der Waals surface area (Å²) in [6.07, 6.45) is 5.37. The van der Waals surface area contributed by atoms with Gasteiger partial charge in [0.15, 0.2) is 5.76 Å². The average Bonchev–Trinajstić information content (AvgIpc) is 3.01. The van der Waals surface area contributed by atoms with Crippen LogP contribution in [0.4, 0.5) is 0 Å². The lowest BCUT2D eigenvalue weighted by Gasteiger charge is -2.31. The fourth-order valence-corrected chi connectivity index (χ4v) is 3.77. The smallest absolute Gasteiger partial charge is 0.177 e. The quantitative estimate of drug-likeness (QED) is 0.887. The lowest BCUT2D eigenvalue weighted by atomic mass is 10.0. The predicted molar refractivity (Wildman–Crippen MR) is 88.8 cm³/mol. The lowest BCUT2D eigenvalue weighted by Crippen LogP contribution is -2.42. The monoisotopic (exact) mass is 317 g/mol. The summed E-state index contributed by atoms with van der Waals surface area (Å²) >= 11 is 1.69. The van der Waals surface area contributed by atoms with Gasteiger partial charge in [0.2, 0.25) is 0 Å². The molecule has 22 heavy (non-hydrogen) atoms. The molecule has 0 bridgehead atoms. The molecule has 4 nitrogen and oxygen atoms in total. The molecule has 1 N–H and O–H groups in total. The summed E-state index contributed by atoms with van der Waals surface area (Å²) in [6.45, 7) is 4.45. The maximum Gasteiger partial charge on any atom is 0.177 e. The Morgan fingerprint density at radius 1 is 1.27 bits per heavy atom. The van der Waals surface area contributed by atoms with Gasteiger partial charge in [-0.05, 0) is 49.6 Å². The van der Waals surface area contributed by atoms with E-state index >= 15 is 0 Å². The van der Waals surface area contributed by atoms with Crippen LogP contribution < -0.4 is 5.32 Å². The van der Waals surface area contributed by atoms with E-state index in [1.807, 2.05) is 6.07 Å². The molecule has 118 valence electrons. The van der Waals surface area contributed by atoms with Crippen LogP contribution in [0.3, 0.4) is 0 Å². The summed E-state index contributed by atoms with van der Waals surface area (Å²) < 4.78 is 5.46. The third-order valence-electron chi connectivity index (χ3n) is 4.69. The Labute approximate surface area is 135 Å². The fraction of sp³-hybridized carbons (Fsp3) is 0.588. The van der Waals surface area contributed by atoms with E-state index in [2.05, 4.69) is 32.9 Å². The summed E-state index contributed by atoms with van der Waals surface area (Å²) in [5, 5.41) is 10.0. The molecule has 3 heterocycles. The van der Waals surface area contributed by atoms with Crippen molar-refractivity contribution in [3.8, 4) is 10.6 Å². The van der Waals surface area contributed by atoms with E-state index in [4.69, 9.17) is 4.52 Å². The molecule has 0 amide bonds. The highest BCUT2D eigenvalue weighted by molar-refractivity contribution is 7.13. The van der Waals surface area contributed by atoms with Gasteiger partial charge in [0.05, 0.1) is 10.6 Å². The zero-order valence-corrected chi connectivity index (χ0v) is 13.6. The highest BCUT2D eigenvalue weighted by Gasteiger charge is 2.24. The van der Waals surface area contributed by atoms with Crippen LogP contribution in [-0.2, 0) is 6.54 Å². The molecular formula is C17H23N3OS. The molecule has 0 radical (unpaired) electrons. The van der Waals surface area contributed by atoms with Crippen molar-refractivity contribution in [2.24, 2.45) is 5.92 Å². The van der Waals surface area contributed by atoms with Gasteiger partial charge in [0, 0.05) is 31.7 Å². The van der Waals surface area contributed by atoms with Crippen molar-refractivity contribution in [1.82, 2.24) is 15.4 Å². The van der Waals surface area contributed by atoms with Gasteiger partial charge in [-0.3, -0.25) is 4.90 Å². The Bertz CT molecular complexity index is 583. The number of rotatable bonds is 6. The molecule has 4 rings (SSSR count). The van der Waals surface area contributed by atoms with Crippen LogP contribution in [-0.4, -0.2) is 35.7 Å². The first kappa shape index (κ1) is 14.4. The van der Waals surface area contributed by atoms with E-state index in [-0.39, 0.29) is 0 Å². The molecule has 2 fully saturated rings. The van der Waals surface area contributed by atoms with Crippen molar-refractivity contribution in [3.63, 3.8) is 0 Å². The van der Waals surface area contributed by atoms with Gasteiger partial charge in [0.25, 0.3) is 0 Å². The molecule has 2 aliphatic rings. The first-order chi connectivity index (χ1) is 10.9. The summed E-state index contributed by atoms with van der Waals surface area (Å²) in [6, 6.07) is 6.92. The molecular weight excluding hydrogens is 294 g/mol. The normalized spacial score (nSPS) is 20.5. The summed E-state index contributed by atoms with van der Waals surface area (Å²) in [5.74, 6) is 1.87. The van der Waals surface area contributed by atoms with Crippen LogP contribution in [0.15, 0.2) is 28.1 Å². The molecule has 1 aliphatic carbocycles. The number of likely N-dealkylation sites (tertiary alicyclic amines) is 1. The van der Waals surface area contributed by atoms with Gasteiger partial charge in [-0.25, -0.2) is 0 Å². The number of piperidine rings is 1. The first-order valence-corrected chi connectivity index (χ1v) is 9.20. The highest BCUT2D eigenvalue weighted by atomic mass is 32.1. The van der Waals surface area contributed by atoms with Gasteiger partial charge in [0.1, 0.15) is 0 Å². The Morgan fingerprint density at radius 3 is 2.86 bits per heavy atom. The van der Waals surface area contributed by atoms with Crippen molar-refractivity contribution in [1.29, 1.82) is 0 Å². The summed E-state index contributed by atoms with van der Waals surface area (Å²) in [7, 11) is 0. The van der Waals surface area contributed by atoms with Crippen LogP contribution in [0, 0.1) is 5.92 Å². The standard InChI is InChI=1S/C17H23N3OS/c1-2-17(22-9-1)16-10-15(19-21-16)12-20-7-5-14(6-8-20)18-11-13-3-4-13/h1-2,9-10,13-14,18H,3-8,11-12H2. The maximum atomic E-state index is 5.46. The molecule has 0 spiro atoms. The number of hydrogen-bond acceptors (Lipinski definition) is 5. The van der Waals surface area contributed by atoms with E-state index in [9.17, 15) is 0 Å². The van der Waals surface area contributed by atoms with Crippen LogP contribution >= 0.6 is 11.3 Å². The van der Waals surface area contributed by atoms with Gasteiger partial charge >= 0.3 is 0 Å². The predicted octanol–water partition coefficient (Wildman–Crippen LogP) is 3.37. The largest absolute Gasteiger partial charge is 0.355 e. The minimum Gasteiger partial charge on any atom is -0.355 e. The molecule has 1 saturated carbocycles. The Balaban J connectivity index is 1.25. The molecule has 0 unspecified atom stereocenters. The first-order valence-electron chi connectivity index (χ1n) is 8.32. The van der Waals surface area contributed by atoms with E-state index in [0.29, 0.717) is 0 Å². The van der Waals surface area contributed by atoms with Crippen molar-refractivity contribution >= 4 is 11.3 Å². The number of hydrogen-bond donors (Lipinski definition) is 1.